The van der Waals surface area contributed by atoms with E-state index in [4.69, 9.17) is 9.15 Å². The molecule has 0 amide bonds. The molecule has 5 rings (SSSR count). The molecule has 0 radical (unpaired) electrons. The van der Waals surface area contributed by atoms with Gasteiger partial charge in [-0.25, -0.2) is 9.59 Å². The second kappa shape index (κ2) is 5.05. The van der Waals surface area contributed by atoms with Crippen molar-refractivity contribution in [1.29, 1.82) is 0 Å². The molecule has 0 aromatic carbocycles. The van der Waals surface area contributed by atoms with Gasteiger partial charge in [-0.15, -0.1) is 0 Å². The standard InChI is InChI=1S/C20H24O5/c1-10(2)11-8-12-13-9-14-19(3,4)6-5-7-20(14,18(23)24-13)15(12)17(22)25-16(11)21/h8,10,13-14H,5-7,9H2,1-4H3/t13-,14-,20+/m0/s1. The Hall–Kier alpha value is -1.91. The van der Waals surface area contributed by atoms with Crippen molar-refractivity contribution in [2.24, 2.45) is 11.3 Å². The fourth-order valence-electron chi connectivity index (χ4n) is 5.40. The molecular formula is C20H24O5. The number of ether oxygens (including phenoxy) is 1. The molecule has 1 saturated carbocycles. The maximum atomic E-state index is 12.9. The lowest BCUT2D eigenvalue weighted by Crippen LogP contribution is -2.61. The molecule has 1 spiro atoms. The molecule has 2 aliphatic heterocycles. The van der Waals surface area contributed by atoms with E-state index in [0.717, 1.165) is 12.8 Å². The lowest BCUT2D eigenvalue weighted by Gasteiger charge is -2.57. The third-order valence-corrected chi connectivity index (χ3v) is 6.63. The summed E-state index contributed by atoms with van der Waals surface area (Å²) in [6.07, 6.45) is 2.70. The van der Waals surface area contributed by atoms with Crippen LogP contribution in [-0.4, -0.2) is 5.97 Å². The second-order valence-corrected chi connectivity index (χ2v) is 8.76. The lowest BCUT2D eigenvalue weighted by atomic mass is 9.48. The fraction of sp³-hybridized carbons (Fsp3) is 0.650. The summed E-state index contributed by atoms with van der Waals surface area (Å²) >= 11 is 0. The van der Waals surface area contributed by atoms with E-state index in [1.165, 1.54) is 0 Å². The molecule has 3 atom stereocenters. The molecule has 1 aromatic heterocycles. The lowest BCUT2D eigenvalue weighted by molar-refractivity contribution is -0.185. The molecule has 134 valence electrons. The van der Waals surface area contributed by atoms with Crippen molar-refractivity contribution in [2.75, 3.05) is 0 Å². The van der Waals surface area contributed by atoms with Crippen molar-refractivity contribution in [3.8, 4) is 0 Å². The maximum Gasteiger partial charge on any atom is 0.343 e. The van der Waals surface area contributed by atoms with Gasteiger partial charge in [0.25, 0.3) is 0 Å². The average molecular weight is 344 g/mol. The van der Waals surface area contributed by atoms with Gasteiger partial charge < -0.3 is 9.15 Å². The first-order valence-corrected chi connectivity index (χ1v) is 9.12. The number of carbonyl (C=O) groups is 1. The van der Waals surface area contributed by atoms with E-state index in [-0.39, 0.29) is 23.2 Å². The van der Waals surface area contributed by atoms with Crippen molar-refractivity contribution >= 4 is 5.97 Å². The van der Waals surface area contributed by atoms with Crippen molar-refractivity contribution in [2.45, 2.75) is 70.8 Å². The molecule has 2 aliphatic carbocycles. The van der Waals surface area contributed by atoms with E-state index in [9.17, 15) is 14.4 Å². The first-order valence-electron chi connectivity index (χ1n) is 9.12. The van der Waals surface area contributed by atoms with Crippen LogP contribution in [0.2, 0.25) is 0 Å². The predicted molar refractivity (Wildman–Crippen MR) is 91.6 cm³/mol. The van der Waals surface area contributed by atoms with Gasteiger partial charge in [0.15, 0.2) is 0 Å². The summed E-state index contributed by atoms with van der Waals surface area (Å²) in [5.74, 6) is -0.346. The largest absolute Gasteiger partial charge is 0.457 e. The Morgan fingerprint density at radius 2 is 1.84 bits per heavy atom. The van der Waals surface area contributed by atoms with Crippen LogP contribution in [0.3, 0.4) is 0 Å². The molecule has 3 heterocycles. The number of rotatable bonds is 1. The molecule has 1 saturated heterocycles. The number of fused-ring (bicyclic) bond motifs is 1. The van der Waals surface area contributed by atoms with Crippen LogP contribution in [0.5, 0.6) is 0 Å². The third-order valence-electron chi connectivity index (χ3n) is 6.63. The fourth-order valence-corrected chi connectivity index (χ4v) is 5.40. The van der Waals surface area contributed by atoms with E-state index in [1.54, 1.807) is 6.07 Å². The summed E-state index contributed by atoms with van der Waals surface area (Å²) in [4.78, 5) is 38.2. The Morgan fingerprint density at radius 3 is 2.52 bits per heavy atom. The monoisotopic (exact) mass is 344 g/mol. The highest BCUT2D eigenvalue weighted by Gasteiger charge is 2.65. The summed E-state index contributed by atoms with van der Waals surface area (Å²) in [5.41, 5.74) is -0.748. The number of hydrogen-bond acceptors (Lipinski definition) is 5. The zero-order valence-electron chi connectivity index (χ0n) is 15.2. The normalized spacial score (nSPS) is 32.1. The Balaban J connectivity index is 2.09. The van der Waals surface area contributed by atoms with E-state index in [1.807, 2.05) is 13.8 Å². The molecule has 2 fully saturated rings. The molecule has 25 heavy (non-hydrogen) atoms. The van der Waals surface area contributed by atoms with E-state index >= 15 is 0 Å². The zero-order valence-corrected chi connectivity index (χ0v) is 15.2. The number of esters is 1. The van der Waals surface area contributed by atoms with Crippen LogP contribution < -0.4 is 11.3 Å². The van der Waals surface area contributed by atoms with Crippen molar-refractivity contribution in [3.63, 3.8) is 0 Å². The molecule has 5 nitrogen and oxygen atoms in total. The van der Waals surface area contributed by atoms with Crippen LogP contribution in [-0.2, 0) is 14.9 Å². The van der Waals surface area contributed by atoms with Gasteiger partial charge in [0.1, 0.15) is 11.5 Å². The summed E-state index contributed by atoms with van der Waals surface area (Å²) < 4.78 is 10.9. The summed E-state index contributed by atoms with van der Waals surface area (Å²) in [5, 5.41) is 0. The van der Waals surface area contributed by atoms with Crippen LogP contribution in [0.15, 0.2) is 20.1 Å². The van der Waals surface area contributed by atoms with Crippen molar-refractivity contribution in [1.82, 2.24) is 0 Å². The molecule has 1 aromatic rings. The molecule has 5 heteroatoms. The number of carbonyl (C=O) groups excluding carboxylic acids is 1. The smallest absolute Gasteiger partial charge is 0.343 e. The minimum atomic E-state index is -0.966. The zero-order chi connectivity index (χ0) is 18.1. The topological polar surface area (TPSA) is 73.6 Å². The number of hydrogen-bond donors (Lipinski definition) is 0. The van der Waals surface area contributed by atoms with Crippen LogP contribution in [0, 0.1) is 11.3 Å². The van der Waals surface area contributed by atoms with Crippen LogP contribution in [0.25, 0.3) is 0 Å². The Kier molecular flexibility index (Phi) is 3.35. The highest BCUT2D eigenvalue weighted by Crippen LogP contribution is 2.62. The SMILES string of the molecule is CC(C)c1cc2c(c(=O)oc1=O)[C@@]13CCCC(C)(C)[C@@H]1C[C@@H]2OC3=O. The first-order chi connectivity index (χ1) is 11.7. The minimum absolute atomic E-state index is 0.0374. The molecule has 4 aliphatic rings. The van der Waals surface area contributed by atoms with Gasteiger partial charge in [-0.05, 0) is 42.6 Å². The van der Waals surface area contributed by atoms with Crippen LogP contribution in [0.1, 0.15) is 82.1 Å². The van der Waals surface area contributed by atoms with Crippen molar-refractivity contribution in [3.05, 3.63) is 43.6 Å². The quantitative estimate of drug-likeness (QED) is 0.732. The van der Waals surface area contributed by atoms with Gasteiger partial charge in [0.2, 0.25) is 0 Å². The molecular weight excluding hydrogens is 320 g/mol. The summed E-state index contributed by atoms with van der Waals surface area (Å²) in [6, 6.07) is 1.75. The molecule has 2 bridgehead atoms. The third kappa shape index (κ3) is 2.04. The second-order valence-electron chi connectivity index (χ2n) is 8.76. The van der Waals surface area contributed by atoms with Crippen molar-refractivity contribution < 1.29 is 13.9 Å². The Bertz CT molecular complexity index is 878. The average Bonchev–Trinajstić information content (AvgIpc) is 2.64. The highest BCUT2D eigenvalue weighted by atomic mass is 16.5. The van der Waals surface area contributed by atoms with Gasteiger partial charge in [0, 0.05) is 11.1 Å². The molecule has 0 N–H and O–H groups in total. The maximum absolute atomic E-state index is 12.9. The minimum Gasteiger partial charge on any atom is -0.457 e. The van der Waals surface area contributed by atoms with Gasteiger partial charge in [0.05, 0.1) is 5.56 Å². The summed E-state index contributed by atoms with van der Waals surface area (Å²) in [7, 11) is 0. The van der Waals surface area contributed by atoms with Gasteiger partial charge in [-0.2, -0.15) is 0 Å². The van der Waals surface area contributed by atoms with E-state index in [2.05, 4.69) is 13.8 Å². The van der Waals surface area contributed by atoms with E-state index in [0.29, 0.717) is 29.5 Å². The Labute approximate surface area is 146 Å². The van der Waals surface area contributed by atoms with Gasteiger partial charge in [-0.1, -0.05) is 34.1 Å². The highest BCUT2D eigenvalue weighted by molar-refractivity contribution is 5.87. The summed E-state index contributed by atoms with van der Waals surface area (Å²) in [6.45, 7) is 8.10. The van der Waals surface area contributed by atoms with E-state index < -0.39 is 22.8 Å². The van der Waals surface area contributed by atoms with Gasteiger partial charge >= 0.3 is 17.2 Å². The van der Waals surface area contributed by atoms with Crippen LogP contribution in [0.4, 0.5) is 0 Å². The molecule has 0 unspecified atom stereocenters. The van der Waals surface area contributed by atoms with Gasteiger partial charge in [-0.3, -0.25) is 4.79 Å². The van der Waals surface area contributed by atoms with Crippen LogP contribution >= 0.6 is 0 Å². The predicted octanol–water partition coefficient (Wildman–Crippen LogP) is 3.19. The first kappa shape index (κ1) is 16.6. The Morgan fingerprint density at radius 1 is 1.12 bits per heavy atom.